The molecule has 2 amide bonds. The number of urea groups is 1. The zero-order valence-corrected chi connectivity index (χ0v) is 19.6. The standard InChI is InChI=1S/C23H29BrN6O2/c1-26-29-22(13-20(25)19-9-2-3-10-21(19)31)27-14-16-6-5-11-30(15-16)23(32)28-18-8-4-7-17(24)12-18/h2-4,7-10,12-13,16,25-27,29,31H,5-6,11,14-15H2,1H3,(H,28,32)/b22-13-,25-20?. The van der Waals surface area contributed by atoms with Crippen LogP contribution >= 0.6 is 15.9 Å². The number of hydrazine groups is 1. The Balaban J connectivity index is 1.57. The first kappa shape index (κ1) is 23.6. The minimum absolute atomic E-state index is 0.0666. The Labute approximate surface area is 196 Å². The van der Waals surface area contributed by atoms with Crippen LogP contribution in [0.25, 0.3) is 0 Å². The number of carbonyl (C=O) groups excluding carboxylic acids is 1. The van der Waals surface area contributed by atoms with Crippen molar-refractivity contribution in [3.63, 3.8) is 0 Å². The Morgan fingerprint density at radius 1 is 1.28 bits per heavy atom. The zero-order chi connectivity index (χ0) is 22.9. The summed E-state index contributed by atoms with van der Waals surface area (Å²) in [6.45, 7) is 2.03. The number of hydrogen-bond donors (Lipinski definition) is 6. The van der Waals surface area contributed by atoms with Gasteiger partial charge in [0.2, 0.25) is 0 Å². The predicted octanol–water partition coefficient (Wildman–Crippen LogP) is 3.62. The van der Waals surface area contributed by atoms with Gasteiger partial charge < -0.3 is 26.1 Å². The van der Waals surface area contributed by atoms with Gasteiger partial charge in [-0.05, 0) is 49.1 Å². The SMILES string of the molecule is CNN/C(=C\C(=N)c1ccccc1O)NCC1CCCN(C(=O)Nc2cccc(Br)c2)C1. The van der Waals surface area contributed by atoms with Crippen LogP contribution in [-0.4, -0.2) is 48.4 Å². The average molecular weight is 501 g/mol. The summed E-state index contributed by atoms with van der Waals surface area (Å²) in [5.74, 6) is 0.965. The van der Waals surface area contributed by atoms with Gasteiger partial charge in [0.15, 0.2) is 0 Å². The molecule has 6 N–H and O–H groups in total. The normalized spacial score (nSPS) is 16.4. The fourth-order valence-electron chi connectivity index (χ4n) is 3.63. The summed E-state index contributed by atoms with van der Waals surface area (Å²) in [7, 11) is 1.74. The summed E-state index contributed by atoms with van der Waals surface area (Å²) in [4.78, 5) is 14.5. The topological polar surface area (TPSA) is 113 Å². The minimum Gasteiger partial charge on any atom is -0.507 e. The molecular formula is C23H29BrN6O2. The van der Waals surface area contributed by atoms with Crippen molar-refractivity contribution in [1.82, 2.24) is 21.1 Å². The first-order valence-electron chi connectivity index (χ1n) is 10.5. The highest BCUT2D eigenvalue weighted by atomic mass is 79.9. The lowest BCUT2D eigenvalue weighted by Gasteiger charge is -2.33. The van der Waals surface area contributed by atoms with E-state index in [2.05, 4.69) is 37.4 Å². The number of piperidine rings is 1. The second kappa shape index (κ2) is 11.5. The van der Waals surface area contributed by atoms with Crippen LogP contribution in [0.3, 0.4) is 0 Å². The molecule has 1 unspecified atom stereocenters. The van der Waals surface area contributed by atoms with E-state index in [1.165, 1.54) is 0 Å². The predicted molar refractivity (Wildman–Crippen MR) is 131 cm³/mol. The molecule has 8 nitrogen and oxygen atoms in total. The number of nitrogens with one attached hydrogen (secondary N) is 5. The van der Waals surface area contributed by atoms with E-state index in [0.29, 0.717) is 24.5 Å². The van der Waals surface area contributed by atoms with Crippen LogP contribution in [0.1, 0.15) is 18.4 Å². The Bertz CT molecular complexity index is 980. The van der Waals surface area contributed by atoms with Crippen LogP contribution in [0, 0.1) is 11.3 Å². The van der Waals surface area contributed by atoms with E-state index < -0.39 is 0 Å². The van der Waals surface area contributed by atoms with Gasteiger partial charge in [-0.25, -0.2) is 10.2 Å². The second-order valence-electron chi connectivity index (χ2n) is 7.64. The monoisotopic (exact) mass is 500 g/mol. The summed E-state index contributed by atoms with van der Waals surface area (Å²) < 4.78 is 0.918. The number of amides is 2. The lowest BCUT2D eigenvalue weighted by molar-refractivity contribution is 0.177. The van der Waals surface area contributed by atoms with E-state index >= 15 is 0 Å². The van der Waals surface area contributed by atoms with E-state index in [1.54, 1.807) is 37.4 Å². The first-order valence-corrected chi connectivity index (χ1v) is 11.3. The van der Waals surface area contributed by atoms with Gasteiger partial charge in [0.05, 0.1) is 5.71 Å². The summed E-state index contributed by atoms with van der Waals surface area (Å²) in [5.41, 5.74) is 7.27. The molecule has 0 radical (unpaired) electrons. The molecule has 0 bridgehead atoms. The van der Waals surface area contributed by atoms with Crippen molar-refractivity contribution in [3.8, 4) is 5.75 Å². The van der Waals surface area contributed by atoms with Gasteiger partial charge in [-0.2, -0.15) is 0 Å². The van der Waals surface area contributed by atoms with E-state index in [-0.39, 0.29) is 23.4 Å². The maximum atomic E-state index is 12.7. The molecule has 3 rings (SSSR count). The molecule has 1 aliphatic heterocycles. The molecule has 0 aromatic heterocycles. The third-order valence-corrected chi connectivity index (χ3v) is 5.70. The molecule has 9 heteroatoms. The largest absolute Gasteiger partial charge is 0.507 e. The smallest absolute Gasteiger partial charge is 0.321 e. The van der Waals surface area contributed by atoms with Crippen LogP contribution in [0.4, 0.5) is 10.5 Å². The van der Waals surface area contributed by atoms with E-state index in [4.69, 9.17) is 5.41 Å². The van der Waals surface area contributed by atoms with Gasteiger partial charge in [-0.1, -0.05) is 34.1 Å². The van der Waals surface area contributed by atoms with E-state index in [0.717, 1.165) is 29.5 Å². The van der Waals surface area contributed by atoms with Crippen LogP contribution in [0.5, 0.6) is 5.75 Å². The highest BCUT2D eigenvalue weighted by Gasteiger charge is 2.24. The molecule has 2 aromatic carbocycles. The fraction of sp³-hybridized carbons (Fsp3) is 0.304. The van der Waals surface area contributed by atoms with Gasteiger partial charge in [0, 0.05) is 48.5 Å². The van der Waals surface area contributed by atoms with Crippen molar-refractivity contribution in [2.24, 2.45) is 5.92 Å². The number of aromatic hydroxyl groups is 1. The molecule has 1 aliphatic rings. The van der Waals surface area contributed by atoms with Crippen LogP contribution in [-0.2, 0) is 0 Å². The molecular weight excluding hydrogens is 472 g/mol. The quantitative estimate of drug-likeness (QED) is 0.245. The Morgan fingerprint density at radius 3 is 2.84 bits per heavy atom. The van der Waals surface area contributed by atoms with Gasteiger partial charge in [-0.3, -0.25) is 5.41 Å². The van der Waals surface area contributed by atoms with Crippen molar-refractivity contribution in [3.05, 3.63) is 70.5 Å². The number of phenolic OH excluding ortho intramolecular Hbond substituents is 1. The van der Waals surface area contributed by atoms with Crippen molar-refractivity contribution in [2.75, 3.05) is 32.0 Å². The number of rotatable bonds is 8. The van der Waals surface area contributed by atoms with Crippen molar-refractivity contribution in [2.45, 2.75) is 12.8 Å². The van der Waals surface area contributed by atoms with Crippen molar-refractivity contribution >= 4 is 33.4 Å². The summed E-state index contributed by atoms with van der Waals surface area (Å²) >= 11 is 3.42. The van der Waals surface area contributed by atoms with Crippen LogP contribution in [0.2, 0.25) is 0 Å². The highest BCUT2D eigenvalue weighted by Crippen LogP contribution is 2.20. The number of carbonyl (C=O) groups is 1. The third-order valence-electron chi connectivity index (χ3n) is 5.21. The number of anilines is 1. The Morgan fingerprint density at radius 2 is 2.09 bits per heavy atom. The molecule has 1 fully saturated rings. The minimum atomic E-state index is -0.0988. The molecule has 1 atom stereocenters. The van der Waals surface area contributed by atoms with Gasteiger partial charge in [0.25, 0.3) is 0 Å². The molecule has 0 saturated carbocycles. The number of hydrogen-bond acceptors (Lipinski definition) is 6. The van der Waals surface area contributed by atoms with E-state index in [9.17, 15) is 9.90 Å². The number of likely N-dealkylation sites (tertiary alicyclic amines) is 1. The van der Waals surface area contributed by atoms with Gasteiger partial charge in [-0.15, -0.1) is 0 Å². The van der Waals surface area contributed by atoms with Crippen LogP contribution < -0.4 is 21.5 Å². The fourth-order valence-corrected chi connectivity index (χ4v) is 4.03. The summed E-state index contributed by atoms with van der Waals surface area (Å²) in [6, 6.07) is 14.2. The molecule has 1 heterocycles. The number of phenols is 1. The van der Waals surface area contributed by atoms with Gasteiger partial charge >= 0.3 is 6.03 Å². The Hall–Kier alpha value is -3.04. The molecule has 32 heavy (non-hydrogen) atoms. The number of halogens is 1. The van der Waals surface area contributed by atoms with Gasteiger partial charge in [0.1, 0.15) is 11.6 Å². The molecule has 0 aliphatic carbocycles. The second-order valence-corrected chi connectivity index (χ2v) is 8.56. The lowest BCUT2D eigenvalue weighted by atomic mass is 9.98. The number of para-hydroxylation sites is 1. The summed E-state index contributed by atoms with van der Waals surface area (Å²) in [6.07, 6.45) is 3.58. The average Bonchev–Trinajstić information content (AvgIpc) is 2.78. The number of benzene rings is 2. The zero-order valence-electron chi connectivity index (χ0n) is 18.0. The molecule has 1 saturated heterocycles. The molecule has 0 spiro atoms. The number of nitrogens with zero attached hydrogens (tertiary/aromatic N) is 1. The Kier molecular flexibility index (Phi) is 8.52. The summed E-state index contributed by atoms with van der Waals surface area (Å²) in [5, 5.41) is 24.6. The molecule has 2 aromatic rings. The third kappa shape index (κ3) is 6.73. The number of allylic oxidation sites excluding steroid dienone is 1. The lowest BCUT2D eigenvalue weighted by Crippen LogP contribution is -2.45. The maximum absolute atomic E-state index is 12.7. The first-order chi connectivity index (χ1) is 15.5. The van der Waals surface area contributed by atoms with Crippen molar-refractivity contribution < 1.29 is 9.90 Å². The van der Waals surface area contributed by atoms with Crippen molar-refractivity contribution in [1.29, 1.82) is 5.41 Å². The highest BCUT2D eigenvalue weighted by molar-refractivity contribution is 9.10. The van der Waals surface area contributed by atoms with E-state index in [1.807, 2.05) is 29.2 Å². The van der Waals surface area contributed by atoms with Crippen LogP contribution in [0.15, 0.2) is 64.9 Å². The molecule has 170 valence electrons. The maximum Gasteiger partial charge on any atom is 0.321 e.